The molecule has 2 aliphatic rings. The van der Waals surface area contributed by atoms with Gasteiger partial charge in [0.25, 0.3) is 0 Å². The molecule has 1 fully saturated rings. The first-order chi connectivity index (χ1) is 11.5. The maximum Gasteiger partial charge on any atom is 0.244 e. The van der Waals surface area contributed by atoms with Gasteiger partial charge in [-0.25, -0.2) is 0 Å². The molecular weight excluding hydrogens is 304 g/mol. The molecule has 0 aromatic heterocycles. The lowest BCUT2D eigenvalue weighted by atomic mass is 10.1. The van der Waals surface area contributed by atoms with Crippen molar-refractivity contribution in [3.05, 3.63) is 46.9 Å². The van der Waals surface area contributed by atoms with Crippen LogP contribution in [0.2, 0.25) is 0 Å². The molecule has 1 aromatic rings. The monoisotopic (exact) mass is 328 g/mol. The van der Waals surface area contributed by atoms with Gasteiger partial charge >= 0.3 is 0 Å². The summed E-state index contributed by atoms with van der Waals surface area (Å²) >= 11 is 0. The second kappa shape index (κ2) is 6.92. The lowest BCUT2D eigenvalue weighted by Crippen LogP contribution is -2.48. The number of carbonyl (C=O) groups is 1. The van der Waals surface area contributed by atoms with Crippen LogP contribution in [0.3, 0.4) is 0 Å². The van der Waals surface area contributed by atoms with E-state index in [4.69, 9.17) is 16.9 Å². The number of hydrogen-bond donors (Lipinski definition) is 4. The molecule has 7 heteroatoms. The van der Waals surface area contributed by atoms with Crippen molar-refractivity contribution in [3.8, 4) is 0 Å². The molecule has 0 spiro atoms. The molecular formula is C17H24N6O. The van der Waals surface area contributed by atoms with Gasteiger partial charge < -0.3 is 21.7 Å². The minimum absolute atomic E-state index is 0.166. The molecule has 1 amide bonds. The lowest BCUT2D eigenvalue weighted by molar-refractivity contribution is -0.122. The van der Waals surface area contributed by atoms with Crippen molar-refractivity contribution >= 4 is 11.7 Å². The molecule has 2 heterocycles. The second-order valence-electron chi connectivity index (χ2n) is 6.38. The zero-order valence-corrected chi connectivity index (χ0v) is 13.7. The van der Waals surface area contributed by atoms with E-state index in [1.807, 2.05) is 12.1 Å². The van der Waals surface area contributed by atoms with Gasteiger partial charge in [0.1, 0.15) is 17.4 Å². The van der Waals surface area contributed by atoms with Crippen molar-refractivity contribution in [1.82, 2.24) is 15.1 Å². The van der Waals surface area contributed by atoms with Crippen LogP contribution in [-0.2, 0) is 17.9 Å². The Morgan fingerprint density at radius 2 is 1.88 bits per heavy atom. The first-order valence-corrected chi connectivity index (χ1v) is 8.22. The van der Waals surface area contributed by atoms with E-state index >= 15 is 0 Å². The van der Waals surface area contributed by atoms with Crippen LogP contribution in [0, 0.1) is 5.41 Å². The predicted molar refractivity (Wildman–Crippen MR) is 92.6 cm³/mol. The predicted octanol–water partition coefficient (Wildman–Crippen LogP) is 0.278. The number of rotatable bonds is 5. The second-order valence-corrected chi connectivity index (χ2v) is 6.38. The fraction of sp³-hybridized carbons (Fsp3) is 0.412. The van der Waals surface area contributed by atoms with Gasteiger partial charge in [-0.3, -0.25) is 15.1 Å². The Kier molecular flexibility index (Phi) is 4.71. The molecule has 0 atom stereocenters. The largest absolute Gasteiger partial charge is 0.384 e. The summed E-state index contributed by atoms with van der Waals surface area (Å²) in [5.74, 6) is -0.0944. The zero-order chi connectivity index (χ0) is 17.1. The average molecular weight is 328 g/mol. The normalized spacial score (nSPS) is 18.8. The van der Waals surface area contributed by atoms with Crippen molar-refractivity contribution in [2.45, 2.75) is 25.9 Å². The number of hydrogen-bond acceptors (Lipinski definition) is 5. The van der Waals surface area contributed by atoms with Crippen LogP contribution in [-0.4, -0.2) is 41.2 Å². The van der Waals surface area contributed by atoms with Gasteiger partial charge in [-0.2, -0.15) is 0 Å². The third-order valence-electron chi connectivity index (χ3n) is 4.43. The standard InChI is InChI=1S/C17H24N6O/c18-16(19)15-17(20)23(11-14(24)21-15)10-13-5-3-4-12(8-13)9-22-6-1-2-7-22/h3-5,8H,1-2,6-7,9-11,20H2,(H3,18,19)(H,21,24). The molecule has 24 heavy (non-hydrogen) atoms. The summed E-state index contributed by atoms with van der Waals surface area (Å²) in [6.45, 7) is 3.96. The Labute approximate surface area is 141 Å². The van der Waals surface area contributed by atoms with E-state index < -0.39 is 0 Å². The Morgan fingerprint density at radius 1 is 1.21 bits per heavy atom. The van der Waals surface area contributed by atoms with Gasteiger partial charge in [0.15, 0.2) is 0 Å². The number of carbonyl (C=O) groups excluding carboxylic acids is 1. The van der Waals surface area contributed by atoms with Gasteiger partial charge in [-0.1, -0.05) is 24.3 Å². The van der Waals surface area contributed by atoms with Crippen molar-refractivity contribution in [2.75, 3.05) is 19.6 Å². The highest BCUT2D eigenvalue weighted by Gasteiger charge is 2.24. The number of nitrogens with one attached hydrogen (secondary N) is 2. The molecule has 0 aliphatic carbocycles. The van der Waals surface area contributed by atoms with Gasteiger partial charge in [-0.05, 0) is 37.1 Å². The van der Waals surface area contributed by atoms with Crippen LogP contribution >= 0.6 is 0 Å². The molecule has 128 valence electrons. The Bertz CT molecular complexity index is 677. The Hall–Kier alpha value is -2.54. The molecule has 0 bridgehead atoms. The molecule has 1 aromatic carbocycles. The fourth-order valence-corrected chi connectivity index (χ4v) is 3.25. The number of likely N-dealkylation sites (tertiary alicyclic amines) is 1. The number of benzene rings is 1. The molecule has 2 aliphatic heterocycles. The maximum absolute atomic E-state index is 11.8. The summed E-state index contributed by atoms with van der Waals surface area (Å²) in [4.78, 5) is 16.0. The van der Waals surface area contributed by atoms with E-state index in [2.05, 4.69) is 22.3 Å². The van der Waals surface area contributed by atoms with E-state index in [9.17, 15) is 4.79 Å². The summed E-state index contributed by atoms with van der Waals surface area (Å²) in [7, 11) is 0. The molecule has 6 N–H and O–H groups in total. The lowest BCUT2D eigenvalue weighted by Gasteiger charge is -2.30. The van der Waals surface area contributed by atoms with Crippen molar-refractivity contribution in [2.24, 2.45) is 11.5 Å². The number of amidine groups is 1. The van der Waals surface area contributed by atoms with Crippen LogP contribution in [0.25, 0.3) is 0 Å². The molecule has 3 rings (SSSR count). The van der Waals surface area contributed by atoms with E-state index in [0.717, 1.165) is 25.2 Å². The summed E-state index contributed by atoms with van der Waals surface area (Å²) in [5, 5.41) is 10.1. The van der Waals surface area contributed by atoms with E-state index in [-0.39, 0.29) is 24.0 Å². The SMILES string of the molecule is N=C(N)C1=C(N)N(Cc2cccc(CN3CCCC3)c2)CC(=O)N1. The quantitative estimate of drug-likeness (QED) is 0.458. The van der Waals surface area contributed by atoms with E-state index in [1.165, 1.54) is 18.4 Å². The van der Waals surface area contributed by atoms with Gasteiger partial charge in [-0.15, -0.1) is 0 Å². The van der Waals surface area contributed by atoms with Crippen LogP contribution in [0.4, 0.5) is 0 Å². The number of nitrogens with two attached hydrogens (primary N) is 2. The molecule has 0 radical (unpaired) electrons. The van der Waals surface area contributed by atoms with Crippen molar-refractivity contribution in [3.63, 3.8) is 0 Å². The van der Waals surface area contributed by atoms with Crippen LogP contribution in [0.15, 0.2) is 35.8 Å². The number of amides is 1. The first-order valence-electron chi connectivity index (χ1n) is 8.22. The first kappa shape index (κ1) is 16.3. The highest BCUT2D eigenvalue weighted by molar-refractivity contribution is 6.00. The van der Waals surface area contributed by atoms with Gasteiger partial charge in [0.05, 0.1) is 6.54 Å². The molecule has 0 saturated carbocycles. The summed E-state index contributed by atoms with van der Waals surface area (Å²) in [6, 6.07) is 8.35. The van der Waals surface area contributed by atoms with E-state index in [0.29, 0.717) is 12.4 Å². The van der Waals surface area contributed by atoms with Crippen LogP contribution < -0.4 is 16.8 Å². The summed E-state index contributed by atoms with van der Waals surface area (Å²) < 4.78 is 0. The average Bonchev–Trinajstić information content (AvgIpc) is 3.03. The van der Waals surface area contributed by atoms with Gasteiger partial charge in [0, 0.05) is 13.1 Å². The maximum atomic E-state index is 11.8. The van der Waals surface area contributed by atoms with Crippen molar-refractivity contribution < 1.29 is 4.79 Å². The fourth-order valence-electron chi connectivity index (χ4n) is 3.25. The highest BCUT2D eigenvalue weighted by atomic mass is 16.2. The summed E-state index contributed by atoms with van der Waals surface area (Å²) in [5.41, 5.74) is 14.1. The minimum atomic E-state index is -0.228. The van der Waals surface area contributed by atoms with E-state index in [1.54, 1.807) is 4.90 Å². The Morgan fingerprint density at radius 3 is 2.54 bits per heavy atom. The minimum Gasteiger partial charge on any atom is -0.384 e. The van der Waals surface area contributed by atoms with Crippen LogP contribution in [0.5, 0.6) is 0 Å². The van der Waals surface area contributed by atoms with Gasteiger partial charge in [0.2, 0.25) is 5.91 Å². The number of nitrogens with zero attached hydrogens (tertiary/aromatic N) is 2. The topological polar surface area (TPSA) is 111 Å². The zero-order valence-electron chi connectivity index (χ0n) is 13.7. The summed E-state index contributed by atoms with van der Waals surface area (Å²) in [6.07, 6.45) is 2.55. The molecule has 0 unspecified atom stereocenters. The third-order valence-corrected chi connectivity index (χ3v) is 4.43. The highest BCUT2D eigenvalue weighted by Crippen LogP contribution is 2.17. The Balaban J connectivity index is 1.74. The smallest absolute Gasteiger partial charge is 0.244 e. The molecule has 7 nitrogen and oxygen atoms in total. The van der Waals surface area contributed by atoms with Crippen molar-refractivity contribution in [1.29, 1.82) is 5.41 Å². The third kappa shape index (κ3) is 3.68. The van der Waals surface area contributed by atoms with Crippen LogP contribution in [0.1, 0.15) is 24.0 Å². The molecule has 1 saturated heterocycles.